The van der Waals surface area contributed by atoms with E-state index in [2.05, 4.69) is 46.5 Å². The van der Waals surface area contributed by atoms with Crippen LogP contribution in [0.25, 0.3) is 17.2 Å². The molecule has 0 radical (unpaired) electrons. The number of aromatic amines is 1. The van der Waals surface area contributed by atoms with Crippen LogP contribution in [-0.4, -0.2) is 49.7 Å². The SMILES string of the molecule is COC(=O)c1ccc(NC(=O)CSc2nnc(-c3cc(C(C)(C)C)[nH]n3)n2-c2ccc(Cl)cc2)cc1. The number of hydrogen-bond acceptors (Lipinski definition) is 7. The number of carbonyl (C=O) groups is 2. The molecule has 0 atom stereocenters. The van der Waals surface area contributed by atoms with Gasteiger partial charge in [-0.05, 0) is 54.6 Å². The minimum Gasteiger partial charge on any atom is -0.465 e. The molecule has 0 saturated heterocycles. The molecule has 2 aromatic heterocycles. The van der Waals surface area contributed by atoms with Crippen LogP contribution in [-0.2, 0) is 14.9 Å². The minimum atomic E-state index is -0.438. The van der Waals surface area contributed by atoms with E-state index in [-0.39, 0.29) is 17.1 Å². The number of nitrogens with one attached hydrogen (secondary N) is 2. The van der Waals surface area contributed by atoms with Crippen LogP contribution in [0.5, 0.6) is 0 Å². The number of rotatable bonds is 7. The van der Waals surface area contributed by atoms with E-state index in [1.165, 1.54) is 18.9 Å². The van der Waals surface area contributed by atoms with E-state index in [0.717, 1.165) is 11.4 Å². The van der Waals surface area contributed by atoms with Crippen LogP contribution in [0.15, 0.2) is 59.8 Å². The van der Waals surface area contributed by atoms with Gasteiger partial charge in [-0.15, -0.1) is 10.2 Å². The van der Waals surface area contributed by atoms with E-state index in [4.69, 9.17) is 16.3 Å². The van der Waals surface area contributed by atoms with Crippen molar-refractivity contribution in [3.63, 3.8) is 0 Å². The number of amides is 1. The maximum Gasteiger partial charge on any atom is 0.337 e. The highest BCUT2D eigenvalue weighted by Gasteiger charge is 2.22. The number of nitrogens with zero attached hydrogens (tertiary/aromatic N) is 4. The van der Waals surface area contributed by atoms with Crippen LogP contribution in [0.2, 0.25) is 5.02 Å². The molecule has 2 aromatic carbocycles. The Morgan fingerprint density at radius 2 is 1.78 bits per heavy atom. The molecule has 0 aliphatic rings. The summed E-state index contributed by atoms with van der Waals surface area (Å²) in [5, 5.41) is 20.2. The van der Waals surface area contributed by atoms with Crippen LogP contribution in [0.1, 0.15) is 36.8 Å². The molecule has 0 bridgehead atoms. The van der Waals surface area contributed by atoms with Crippen LogP contribution in [0, 0.1) is 0 Å². The molecule has 0 aliphatic heterocycles. The van der Waals surface area contributed by atoms with Crippen molar-refractivity contribution in [3.8, 4) is 17.2 Å². The number of carbonyl (C=O) groups excluding carboxylic acids is 2. The van der Waals surface area contributed by atoms with Crippen molar-refractivity contribution in [2.24, 2.45) is 0 Å². The van der Waals surface area contributed by atoms with Crippen molar-refractivity contribution >= 4 is 40.9 Å². The molecule has 0 fully saturated rings. The average Bonchev–Trinajstić information content (AvgIpc) is 3.51. The number of ether oxygens (including phenoxy) is 1. The third kappa shape index (κ3) is 5.77. The first-order chi connectivity index (χ1) is 17.2. The van der Waals surface area contributed by atoms with Gasteiger partial charge in [0.05, 0.1) is 18.4 Å². The van der Waals surface area contributed by atoms with Crippen LogP contribution < -0.4 is 5.32 Å². The maximum atomic E-state index is 12.6. The Morgan fingerprint density at radius 3 is 2.39 bits per heavy atom. The smallest absolute Gasteiger partial charge is 0.337 e. The van der Waals surface area contributed by atoms with E-state index in [1.54, 1.807) is 36.4 Å². The van der Waals surface area contributed by atoms with Crippen molar-refractivity contribution in [1.29, 1.82) is 0 Å². The van der Waals surface area contributed by atoms with Crippen molar-refractivity contribution < 1.29 is 14.3 Å². The van der Waals surface area contributed by atoms with Crippen LogP contribution in [0.3, 0.4) is 0 Å². The molecular weight excluding hydrogens is 500 g/mol. The summed E-state index contributed by atoms with van der Waals surface area (Å²) < 4.78 is 6.54. The van der Waals surface area contributed by atoms with Crippen molar-refractivity contribution in [2.45, 2.75) is 31.3 Å². The van der Waals surface area contributed by atoms with Crippen LogP contribution >= 0.6 is 23.4 Å². The first-order valence-corrected chi connectivity index (χ1v) is 12.4. The summed E-state index contributed by atoms with van der Waals surface area (Å²) in [6.45, 7) is 6.28. The number of benzene rings is 2. The van der Waals surface area contributed by atoms with E-state index in [1.807, 2.05) is 22.8 Å². The highest BCUT2D eigenvalue weighted by molar-refractivity contribution is 7.99. The van der Waals surface area contributed by atoms with E-state index in [9.17, 15) is 9.59 Å². The summed E-state index contributed by atoms with van der Waals surface area (Å²) >= 11 is 7.34. The molecule has 2 N–H and O–H groups in total. The van der Waals surface area contributed by atoms with E-state index < -0.39 is 5.97 Å². The Hall–Kier alpha value is -3.63. The van der Waals surface area contributed by atoms with E-state index in [0.29, 0.717) is 32.9 Å². The predicted molar refractivity (Wildman–Crippen MR) is 140 cm³/mol. The topological polar surface area (TPSA) is 115 Å². The zero-order valence-corrected chi connectivity index (χ0v) is 21.8. The lowest BCUT2D eigenvalue weighted by molar-refractivity contribution is -0.113. The first-order valence-electron chi connectivity index (χ1n) is 11.0. The number of halogens is 1. The summed E-state index contributed by atoms with van der Waals surface area (Å²) in [5.41, 5.74) is 3.27. The molecule has 0 saturated carbocycles. The monoisotopic (exact) mass is 524 g/mol. The Bertz CT molecular complexity index is 1370. The zero-order valence-electron chi connectivity index (χ0n) is 20.2. The number of thioether (sulfide) groups is 1. The number of anilines is 1. The van der Waals surface area contributed by atoms with E-state index >= 15 is 0 Å². The Balaban J connectivity index is 1.55. The fourth-order valence-electron chi connectivity index (χ4n) is 3.31. The van der Waals surface area contributed by atoms with Crippen LogP contribution in [0.4, 0.5) is 5.69 Å². The molecule has 2 heterocycles. The molecule has 1 amide bonds. The van der Waals surface area contributed by atoms with Gasteiger partial charge >= 0.3 is 5.97 Å². The standard InChI is InChI=1S/C25H25ClN6O3S/c1-25(2,3)20-13-19(28-29-20)22-30-31-24(32(22)18-11-7-16(26)8-12-18)36-14-21(33)27-17-9-5-15(6-10-17)23(34)35-4/h5-13H,14H2,1-4H3,(H,27,33)(H,28,29). The largest absolute Gasteiger partial charge is 0.465 e. The minimum absolute atomic E-state index is 0.0955. The quantitative estimate of drug-likeness (QED) is 0.254. The Morgan fingerprint density at radius 1 is 1.08 bits per heavy atom. The number of hydrogen-bond donors (Lipinski definition) is 2. The second-order valence-corrected chi connectivity index (χ2v) is 10.3. The van der Waals surface area contributed by atoms with Gasteiger partial charge < -0.3 is 10.1 Å². The van der Waals surface area contributed by atoms with Gasteiger partial charge in [0, 0.05) is 27.5 Å². The average molecular weight is 525 g/mol. The summed E-state index contributed by atoms with van der Waals surface area (Å²) in [6.07, 6.45) is 0. The molecule has 4 aromatic rings. The fourth-order valence-corrected chi connectivity index (χ4v) is 4.19. The third-order valence-electron chi connectivity index (χ3n) is 5.26. The Labute approximate surface area is 217 Å². The summed E-state index contributed by atoms with van der Waals surface area (Å²) in [6, 6.07) is 15.7. The van der Waals surface area contributed by atoms with Gasteiger partial charge in [0.15, 0.2) is 11.0 Å². The number of H-pyrrole nitrogens is 1. The fraction of sp³-hybridized carbons (Fsp3) is 0.240. The molecule has 0 unspecified atom stereocenters. The zero-order chi connectivity index (χ0) is 25.9. The molecule has 0 spiro atoms. The second-order valence-electron chi connectivity index (χ2n) is 8.94. The number of aromatic nitrogens is 5. The van der Waals surface area contributed by atoms with Gasteiger partial charge in [0.1, 0.15) is 5.69 Å². The third-order valence-corrected chi connectivity index (χ3v) is 6.44. The van der Waals surface area contributed by atoms with Gasteiger partial charge in [-0.25, -0.2) is 4.79 Å². The normalized spacial score (nSPS) is 11.4. The summed E-state index contributed by atoms with van der Waals surface area (Å²) in [4.78, 5) is 24.2. The van der Waals surface area contributed by atoms with Gasteiger partial charge in [0.25, 0.3) is 0 Å². The van der Waals surface area contributed by atoms with Gasteiger partial charge in [-0.3, -0.25) is 14.5 Å². The highest BCUT2D eigenvalue weighted by atomic mass is 35.5. The van der Waals surface area contributed by atoms with Gasteiger partial charge in [0.2, 0.25) is 5.91 Å². The van der Waals surface area contributed by atoms with Gasteiger partial charge in [-0.2, -0.15) is 5.10 Å². The number of esters is 1. The summed E-state index contributed by atoms with van der Waals surface area (Å²) in [7, 11) is 1.32. The first kappa shape index (κ1) is 25.5. The molecule has 11 heteroatoms. The second kappa shape index (κ2) is 10.5. The molecule has 186 valence electrons. The molecule has 0 aliphatic carbocycles. The highest BCUT2D eigenvalue weighted by Crippen LogP contribution is 2.30. The number of methoxy groups -OCH3 is 1. The van der Waals surface area contributed by atoms with Crippen molar-refractivity contribution in [3.05, 3.63) is 70.9 Å². The van der Waals surface area contributed by atoms with Crippen molar-refractivity contribution in [1.82, 2.24) is 25.0 Å². The van der Waals surface area contributed by atoms with Gasteiger partial charge in [-0.1, -0.05) is 44.1 Å². The molecular formula is C25H25ClN6O3S. The maximum absolute atomic E-state index is 12.6. The predicted octanol–water partition coefficient (Wildman–Crippen LogP) is 5.13. The molecule has 4 rings (SSSR count). The Kier molecular flexibility index (Phi) is 7.46. The lowest BCUT2D eigenvalue weighted by atomic mass is 9.92. The molecule has 9 nitrogen and oxygen atoms in total. The summed E-state index contributed by atoms with van der Waals surface area (Å²) in [5.74, 6) is -0.0244. The molecule has 36 heavy (non-hydrogen) atoms. The lowest BCUT2D eigenvalue weighted by Crippen LogP contribution is -2.14. The van der Waals surface area contributed by atoms with Crippen molar-refractivity contribution in [2.75, 3.05) is 18.2 Å². The lowest BCUT2D eigenvalue weighted by Gasteiger charge is -2.14.